The molecule has 0 aliphatic rings. The van der Waals surface area contributed by atoms with E-state index in [1.54, 1.807) is 29.4 Å². The van der Waals surface area contributed by atoms with Gasteiger partial charge < -0.3 is 9.84 Å². The van der Waals surface area contributed by atoms with Gasteiger partial charge in [-0.2, -0.15) is 0 Å². The Hall–Kier alpha value is -3.81. The second-order valence-corrected chi connectivity index (χ2v) is 5.14. The molecule has 3 aromatic heterocycles. The molecule has 0 saturated heterocycles. The summed E-state index contributed by atoms with van der Waals surface area (Å²) in [6.07, 6.45) is 7.98. The van der Waals surface area contributed by atoms with Crippen molar-refractivity contribution in [3.05, 3.63) is 73.2 Å². The maximum absolute atomic E-state index is 12.3. The summed E-state index contributed by atoms with van der Waals surface area (Å²) in [5, 5.41) is 6.49. The summed E-state index contributed by atoms with van der Waals surface area (Å²) in [5.74, 6) is 0.589. The number of nitrogens with zero attached hydrogens (tertiary/aromatic N) is 5. The molecule has 8 heteroatoms. The summed E-state index contributed by atoms with van der Waals surface area (Å²) in [4.78, 5) is 24.5. The summed E-state index contributed by atoms with van der Waals surface area (Å²) in [7, 11) is 0. The highest BCUT2D eigenvalue weighted by atomic mass is 16.5. The fraction of sp³-hybridized carbons (Fsp3) is 0. The summed E-state index contributed by atoms with van der Waals surface area (Å²) >= 11 is 0. The average molecular weight is 332 g/mol. The van der Waals surface area contributed by atoms with Crippen LogP contribution in [0.2, 0.25) is 0 Å². The number of aromatic nitrogens is 5. The van der Waals surface area contributed by atoms with Crippen LogP contribution in [0.1, 0.15) is 10.5 Å². The van der Waals surface area contributed by atoms with Crippen molar-refractivity contribution in [3.63, 3.8) is 0 Å². The van der Waals surface area contributed by atoms with Gasteiger partial charge in [0.15, 0.2) is 11.5 Å². The third kappa shape index (κ3) is 3.13. The molecule has 8 nitrogen and oxygen atoms in total. The molecule has 0 bridgehead atoms. The predicted molar refractivity (Wildman–Crippen MR) is 89.0 cm³/mol. The van der Waals surface area contributed by atoms with Gasteiger partial charge in [0.25, 0.3) is 5.91 Å². The number of benzene rings is 1. The van der Waals surface area contributed by atoms with Crippen LogP contribution in [0.3, 0.4) is 0 Å². The van der Waals surface area contributed by atoms with Crippen LogP contribution in [0.15, 0.2) is 72.0 Å². The smallest absolute Gasteiger partial charge is 0.277 e. The maximum atomic E-state index is 12.3. The molecular formula is C17H12N6O2. The van der Waals surface area contributed by atoms with Crippen LogP contribution < -0.4 is 5.32 Å². The van der Waals surface area contributed by atoms with E-state index >= 15 is 0 Å². The number of anilines is 1. The first-order valence-corrected chi connectivity index (χ1v) is 7.43. The van der Waals surface area contributed by atoms with E-state index in [1.807, 2.05) is 30.3 Å². The lowest BCUT2D eigenvalue weighted by Crippen LogP contribution is -2.13. The number of rotatable bonds is 4. The molecule has 0 radical (unpaired) electrons. The molecule has 0 atom stereocenters. The number of hydrogen-bond acceptors (Lipinski definition) is 6. The van der Waals surface area contributed by atoms with Gasteiger partial charge in [-0.3, -0.25) is 9.36 Å². The molecule has 25 heavy (non-hydrogen) atoms. The third-order valence-electron chi connectivity index (χ3n) is 3.43. The van der Waals surface area contributed by atoms with Gasteiger partial charge in [0.2, 0.25) is 5.95 Å². The Balaban J connectivity index is 1.48. The standard InChI is InChI=1S/C17H12N6O2/c24-16(14-8-15(25-22-14)12-4-2-1-3-5-12)21-13-9-19-17(20-10-13)23-7-6-18-11-23/h1-11H,(H,21,24). The number of imidazole rings is 1. The first kappa shape index (κ1) is 14.8. The first-order valence-electron chi connectivity index (χ1n) is 7.43. The van der Waals surface area contributed by atoms with E-state index in [-0.39, 0.29) is 5.69 Å². The fourth-order valence-corrected chi connectivity index (χ4v) is 2.21. The van der Waals surface area contributed by atoms with E-state index in [2.05, 4.69) is 25.4 Å². The van der Waals surface area contributed by atoms with Gasteiger partial charge in [-0.05, 0) is 0 Å². The Morgan fingerprint density at radius 3 is 2.64 bits per heavy atom. The summed E-state index contributed by atoms with van der Waals surface area (Å²) in [5.41, 5.74) is 1.48. The number of carbonyl (C=O) groups is 1. The number of amides is 1. The monoisotopic (exact) mass is 332 g/mol. The molecule has 3 heterocycles. The highest BCUT2D eigenvalue weighted by molar-refractivity contribution is 6.03. The molecule has 4 aromatic rings. The molecule has 1 N–H and O–H groups in total. The molecule has 0 spiro atoms. The predicted octanol–water partition coefficient (Wildman–Crippen LogP) is 2.57. The van der Waals surface area contributed by atoms with Gasteiger partial charge in [0, 0.05) is 24.0 Å². The van der Waals surface area contributed by atoms with Crippen molar-refractivity contribution in [2.24, 2.45) is 0 Å². The van der Waals surface area contributed by atoms with Crippen LogP contribution >= 0.6 is 0 Å². The van der Waals surface area contributed by atoms with Gasteiger partial charge in [-0.15, -0.1) is 0 Å². The lowest BCUT2D eigenvalue weighted by atomic mass is 10.1. The van der Waals surface area contributed by atoms with Gasteiger partial charge >= 0.3 is 0 Å². The highest BCUT2D eigenvalue weighted by Gasteiger charge is 2.14. The van der Waals surface area contributed by atoms with E-state index in [0.717, 1.165) is 5.56 Å². The molecule has 0 saturated carbocycles. The van der Waals surface area contributed by atoms with Crippen LogP contribution in [0, 0.1) is 0 Å². The molecule has 122 valence electrons. The minimum atomic E-state index is -0.398. The zero-order valence-electron chi connectivity index (χ0n) is 12.9. The largest absolute Gasteiger partial charge is 0.355 e. The summed E-state index contributed by atoms with van der Waals surface area (Å²) in [6.45, 7) is 0. The van der Waals surface area contributed by atoms with E-state index in [1.165, 1.54) is 12.4 Å². The number of hydrogen-bond donors (Lipinski definition) is 1. The van der Waals surface area contributed by atoms with Crippen LogP contribution in [-0.4, -0.2) is 30.6 Å². The fourth-order valence-electron chi connectivity index (χ4n) is 2.21. The summed E-state index contributed by atoms with van der Waals surface area (Å²) in [6, 6.07) is 11.0. The first-order chi connectivity index (χ1) is 12.3. The van der Waals surface area contributed by atoms with Crippen molar-refractivity contribution < 1.29 is 9.32 Å². The SMILES string of the molecule is O=C(Nc1cnc(-n2ccnc2)nc1)c1cc(-c2ccccc2)on1. The zero-order valence-corrected chi connectivity index (χ0v) is 12.9. The Bertz CT molecular complexity index is 978. The van der Waals surface area contributed by atoms with Gasteiger partial charge in [0.05, 0.1) is 18.1 Å². The molecule has 0 unspecified atom stereocenters. The molecule has 0 aliphatic heterocycles. The lowest BCUT2D eigenvalue weighted by Gasteiger charge is -2.03. The lowest BCUT2D eigenvalue weighted by molar-refractivity contribution is 0.101. The maximum Gasteiger partial charge on any atom is 0.277 e. The van der Waals surface area contributed by atoms with E-state index in [4.69, 9.17) is 4.52 Å². The topological polar surface area (TPSA) is 98.7 Å². The quantitative estimate of drug-likeness (QED) is 0.616. The molecule has 4 rings (SSSR count). The number of nitrogens with one attached hydrogen (secondary N) is 1. The Morgan fingerprint density at radius 1 is 1.12 bits per heavy atom. The normalized spacial score (nSPS) is 10.6. The third-order valence-corrected chi connectivity index (χ3v) is 3.43. The van der Waals surface area contributed by atoms with Crippen LogP contribution in [0.4, 0.5) is 5.69 Å². The van der Waals surface area contributed by atoms with Crippen molar-refractivity contribution in [3.8, 4) is 17.3 Å². The molecule has 1 amide bonds. The molecule has 0 fully saturated rings. The van der Waals surface area contributed by atoms with Crippen molar-refractivity contribution in [2.75, 3.05) is 5.32 Å². The highest BCUT2D eigenvalue weighted by Crippen LogP contribution is 2.20. The van der Waals surface area contributed by atoms with Gasteiger partial charge in [0.1, 0.15) is 6.33 Å². The minimum Gasteiger partial charge on any atom is -0.355 e. The second-order valence-electron chi connectivity index (χ2n) is 5.14. The van der Waals surface area contributed by atoms with Crippen molar-refractivity contribution in [2.45, 2.75) is 0 Å². The second kappa shape index (κ2) is 6.36. The van der Waals surface area contributed by atoms with Crippen LogP contribution in [-0.2, 0) is 0 Å². The van der Waals surface area contributed by atoms with Crippen LogP contribution in [0.25, 0.3) is 17.3 Å². The zero-order chi connectivity index (χ0) is 17.1. The minimum absolute atomic E-state index is 0.178. The Kier molecular flexibility index (Phi) is 3.76. The van der Waals surface area contributed by atoms with Crippen molar-refractivity contribution >= 4 is 11.6 Å². The van der Waals surface area contributed by atoms with E-state index in [9.17, 15) is 4.79 Å². The molecular weight excluding hydrogens is 320 g/mol. The van der Waals surface area contributed by atoms with Gasteiger partial charge in [-0.1, -0.05) is 35.5 Å². The van der Waals surface area contributed by atoms with Gasteiger partial charge in [-0.25, -0.2) is 15.0 Å². The summed E-state index contributed by atoms with van der Waals surface area (Å²) < 4.78 is 6.89. The van der Waals surface area contributed by atoms with Crippen molar-refractivity contribution in [1.29, 1.82) is 0 Å². The Morgan fingerprint density at radius 2 is 1.92 bits per heavy atom. The van der Waals surface area contributed by atoms with E-state index < -0.39 is 5.91 Å². The Labute approximate surface area is 142 Å². The molecule has 0 aliphatic carbocycles. The van der Waals surface area contributed by atoms with E-state index in [0.29, 0.717) is 17.4 Å². The number of carbonyl (C=O) groups excluding carboxylic acids is 1. The molecule has 1 aromatic carbocycles. The average Bonchev–Trinajstić information content (AvgIpc) is 3.35. The van der Waals surface area contributed by atoms with Crippen LogP contribution in [0.5, 0.6) is 0 Å². The van der Waals surface area contributed by atoms with Crippen molar-refractivity contribution in [1.82, 2.24) is 24.7 Å².